The molecule has 2 aromatic rings. The van der Waals surface area contributed by atoms with Crippen molar-refractivity contribution in [3.63, 3.8) is 0 Å². The molecular formula is C12H14N4O2S. The van der Waals surface area contributed by atoms with Crippen LogP contribution in [0.15, 0.2) is 23.8 Å². The van der Waals surface area contributed by atoms with Crippen molar-refractivity contribution in [1.82, 2.24) is 9.78 Å². The smallest absolute Gasteiger partial charge is 0.265 e. The van der Waals surface area contributed by atoms with Crippen LogP contribution in [0.4, 0.5) is 5.69 Å². The molecule has 0 aliphatic heterocycles. The highest BCUT2D eigenvalue weighted by atomic mass is 32.1. The fourth-order valence-electron chi connectivity index (χ4n) is 1.56. The van der Waals surface area contributed by atoms with Crippen LogP contribution in [0.5, 0.6) is 0 Å². The molecule has 0 bridgehead atoms. The van der Waals surface area contributed by atoms with Crippen molar-refractivity contribution in [2.24, 2.45) is 5.73 Å². The number of amides is 2. The Bertz CT molecular complexity index is 602. The van der Waals surface area contributed by atoms with Gasteiger partial charge in [0.2, 0.25) is 5.91 Å². The molecular weight excluding hydrogens is 264 g/mol. The van der Waals surface area contributed by atoms with E-state index in [9.17, 15) is 9.59 Å². The fraction of sp³-hybridized carbons (Fsp3) is 0.250. The van der Waals surface area contributed by atoms with Gasteiger partial charge in [-0.3, -0.25) is 14.3 Å². The lowest BCUT2D eigenvalue weighted by atomic mass is 10.3. The lowest BCUT2D eigenvalue weighted by Gasteiger charge is -1.99. The van der Waals surface area contributed by atoms with Gasteiger partial charge in [-0.1, -0.05) is 6.92 Å². The molecule has 0 atom stereocenters. The molecule has 0 saturated carbocycles. The number of anilines is 1. The maximum Gasteiger partial charge on any atom is 0.265 e. The summed E-state index contributed by atoms with van der Waals surface area (Å²) >= 11 is 1.18. The summed E-state index contributed by atoms with van der Waals surface area (Å²) in [7, 11) is 0. The van der Waals surface area contributed by atoms with E-state index in [1.54, 1.807) is 22.5 Å². The van der Waals surface area contributed by atoms with Gasteiger partial charge in [0.25, 0.3) is 5.91 Å². The summed E-state index contributed by atoms with van der Waals surface area (Å²) in [6, 6.07) is 1.48. The summed E-state index contributed by atoms with van der Waals surface area (Å²) < 4.78 is 1.76. The van der Waals surface area contributed by atoms with Crippen LogP contribution in [0.2, 0.25) is 0 Å². The number of thiophene rings is 1. The lowest BCUT2D eigenvalue weighted by molar-refractivity contribution is 0.100. The molecule has 0 aromatic carbocycles. The molecule has 2 amide bonds. The summed E-state index contributed by atoms with van der Waals surface area (Å²) in [6.45, 7) is 2.86. The van der Waals surface area contributed by atoms with Crippen molar-refractivity contribution in [3.05, 3.63) is 34.3 Å². The third kappa shape index (κ3) is 3.19. The van der Waals surface area contributed by atoms with Gasteiger partial charge in [-0.05, 0) is 12.5 Å². The van der Waals surface area contributed by atoms with Crippen molar-refractivity contribution < 1.29 is 9.59 Å². The molecule has 19 heavy (non-hydrogen) atoms. The highest BCUT2D eigenvalue weighted by Gasteiger charge is 2.12. The Labute approximate surface area is 114 Å². The average molecular weight is 278 g/mol. The Morgan fingerprint density at radius 3 is 2.95 bits per heavy atom. The van der Waals surface area contributed by atoms with Crippen LogP contribution in [0.25, 0.3) is 0 Å². The van der Waals surface area contributed by atoms with E-state index in [4.69, 9.17) is 5.73 Å². The molecule has 0 aliphatic carbocycles. The lowest BCUT2D eigenvalue weighted by Crippen LogP contribution is -2.11. The van der Waals surface area contributed by atoms with Gasteiger partial charge in [0.1, 0.15) is 0 Å². The SMILES string of the molecule is CCCn1cc(NC(=O)c2cc(C(N)=O)cs2)cn1. The maximum atomic E-state index is 11.9. The molecule has 6 nitrogen and oxygen atoms in total. The molecule has 0 aliphatic rings. The molecule has 3 N–H and O–H groups in total. The highest BCUT2D eigenvalue weighted by Crippen LogP contribution is 2.16. The van der Waals surface area contributed by atoms with Gasteiger partial charge >= 0.3 is 0 Å². The first-order valence-corrected chi connectivity index (χ1v) is 6.70. The second-order valence-electron chi connectivity index (χ2n) is 4.01. The minimum atomic E-state index is -0.536. The second kappa shape index (κ2) is 5.66. The van der Waals surface area contributed by atoms with Gasteiger partial charge in [0.15, 0.2) is 0 Å². The standard InChI is InChI=1S/C12H14N4O2S/c1-2-3-16-6-9(5-14-16)15-12(18)10-4-8(7-19-10)11(13)17/h4-7H,2-3H2,1H3,(H2,13,17)(H,15,18). The van der Waals surface area contributed by atoms with Gasteiger partial charge in [-0.15, -0.1) is 11.3 Å². The Kier molecular flexibility index (Phi) is 3.96. The normalized spacial score (nSPS) is 10.4. The quantitative estimate of drug-likeness (QED) is 0.872. The average Bonchev–Trinajstić information content (AvgIpc) is 2.98. The molecule has 0 fully saturated rings. The first-order valence-electron chi connectivity index (χ1n) is 5.82. The Morgan fingerprint density at radius 2 is 2.32 bits per heavy atom. The van der Waals surface area contributed by atoms with E-state index in [-0.39, 0.29) is 5.91 Å². The molecule has 2 rings (SSSR count). The summed E-state index contributed by atoms with van der Waals surface area (Å²) in [6.07, 6.45) is 4.34. The van der Waals surface area contributed by atoms with Crippen molar-refractivity contribution >= 4 is 28.8 Å². The van der Waals surface area contributed by atoms with Crippen LogP contribution in [-0.2, 0) is 6.54 Å². The summed E-state index contributed by atoms with van der Waals surface area (Å²) in [4.78, 5) is 23.3. The molecule has 100 valence electrons. The van der Waals surface area contributed by atoms with Crippen LogP contribution in [0.3, 0.4) is 0 Å². The van der Waals surface area contributed by atoms with E-state index in [0.29, 0.717) is 16.1 Å². The molecule has 0 unspecified atom stereocenters. The van der Waals surface area contributed by atoms with E-state index in [2.05, 4.69) is 17.3 Å². The molecule has 2 heterocycles. The maximum absolute atomic E-state index is 11.9. The number of carbonyl (C=O) groups is 2. The van der Waals surface area contributed by atoms with Gasteiger partial charge in [-0.2, -0.15) is 5.10 Å². The first-order chi connectivity index (χ1) is 9.10. The number of aromatic nitrogens is 2. The third-order valence-corrected chi connectivity index (χ3v) is 3.38. The number of carbonyl (C=O) groups excluding carboxylic acids is 2. The number of rotatable bonds is 5. The zero-order chi connectivity index (χ0) is 13.8. The van der Waals surface area contributed by atoms with Crippen LogP contribution in [0.1, 0.15) is 33.4 Å². The van der Waals surface area contributed by atoms with Gasteiger partial charge < -0.3 is 11.1 Å². The molecule has 2 aromatic heterocycles. The zero-order valence-corrected chi connectivity index (χ0v) is 11.2. The monoisotopic (exact) mass is 278 g/mol. The number of primary amides is 1. The van der Waals surface area contributed by atoms with Gasteiger partial charge in [-0.25, -0.2) is 0 Å². The van der Waals surface area contributed by atoms with Crippen LogP contribution in [0, 0.1) is 0 Å². The first kappa shape index (κ1) is 13.3. The molecule has 0 spiro atoms. The Balaban J connectivity index is 2.04. The van der Waals surface area contributed by atoms with Crippen molar-refractivity contribution in [2.45, 2.75) is 19.9 Å². The van der Waals surface area contributed by atoms with Gasteiger partial charge in [0.05, 0.1) is 22.3 Å². The summed E-state index contributed by atoms with van der Waals surface area (Å²) in [5.74, 6) is -0.806. The van der Waals surface area contributed by atoms with E-state index >= 15 is 0 Å². The second-order valence-corrected chi connectivity index (χ2v) is 4.92. The van der Waals surface area contributed by atoms with Crippen LogP contribution >= 0.6 is 11.3 Å². The summed E-state index contributed by atoms with van der Waals surface area (Å²) in [5, 5.41) is 8.41. The van der Waals surface area contributed by atoms with Crippen molar-refractivity contribution in [1.29, 1.82) is 0 Å². The molecule has 7 heteroatoms. The predicted octanol–water partition coefficient (Wildman–Crippen LogP) is 1.71. The van der Waals surface area contributed by atoms with E-state index in [1.165, 1.54) is 17.4 Å². The van der Waals surface area contributed by atoms with Crippen LogP contribution < -0.4 is 11.1 Å². The molecule has 0 saturated heterocycles. The summed E-state index contributed by atoms with van der Waals surface area (Å²) in [5.41, 5.74) is 6.12. The highest BCUT2D eigenvalue weighted by molar-refractivity contribution is 7.12. The van der Waals surface area contributed by atoms with E-state index < -0.39 is 5.91 Å². The Morgan fingerprint density at radius 1 is 1.53 bits per heavy atom. The minimum Gasteiger partial charge on any atom is -0.366 e. The number of hydrogen-bond donors (Lipinski definition) is 2. The van der Waals surface area contributed by atoms with Gasteiger partial charge in [0, 0.05) is 18.1 Å². The number of hydrogen-bond acceptors (Lipinski definition) is 4. The van der Waals surface area contributed by atoms with E-state index in [1.807, 2.05) is 0 Å². The minimum absolute atomic E-state index is 0.270. The molecule has 0 radical (unpaired) electrons. The number of nitrogens with two attached hydrogens (primary N) is 1. The largest absolute Gasteiger partial charge is 0.366 e. The predicted molar refractivity (Wildman–Crippen MR) is 73.3 cm³/mol. The number of nitrogens with zero attached hydrogens (tertiary/aromatic N) is 2. The van der Waals surface area contributed by atoms with Crippen molar-refractivity contribution in [3.8, 4) is 0 Å². The fourth-order valence-corrected chi connectivity index (χ4v) is 2.35. The number of aryl methyl sites for hydroxylation is 1. The van der Waals surface area contributed by atoms with Crippen LogP contribution in [-0.4, -0.2) is 21.6 Å². The topological polar surface area (TPSA) is 90.0 Å². The number of nitrogens with one attached hydrogen (secondary N) is 1. The third-order valence-electron chi connectivity index (χ3n) is 2.45. The Hall–Kier alpha value is -2.15. The van der Waals surface area contributed by atoms with E-state index in [0.717, 1.165) is 13.0 Å². The van der Waals surface area contributed by atoms with Crippen molar-refractivity contribution in [2.75, 3.05) is 5.32 Å². The zero-order valence-electron chi connectivity index (χ0n) is 10.4.